The highest BCUT2D eigenvalue weighted by atomic mass is 16.6. The van der Waals surface area contributed by atoms with E-state index in [4.69, 9.17) is 4.52 Å². The van der Waals surface area contributed by atoms with Crippen molar-refractivity contribution < 1.29 is 14.2 Å². The Morgan fingerprint density at radius 3 is 2.78 bits per heavy atom. The van der Waals surface area contributed by atoms with Crippen LogP contribution in [-0.4, -0.2) is 27.6 Å². The van der Waals surface area contributed by atoms with Gasteiger partial charge in [-0.1, -0.05) is 5.16 Å². The average Bonchev–Trinajstić information content (AvgIpc) is 3.16. The maximum atomic E-state index is 12.4. The number of nitro groups is 1. The average molecular weight is 316 g/mol. The Morgan fingerprint density at radius 2 is 2.17 bits per heavy atom. The Bertz CT molecular complexity index is 725. The molecule has 2 heterocycles. The molecule has 1 N–H and O–H groups in total. The summed E-state index contributed by atoms with van der Waals surface area (Å²) in [5.41, 5.74) is 1.25. The maximum absolute atomic E-state index is 12.4. The van der Waals surface area contributed by atoms with Crippen molar-refractivity contribution >= 4 is 17.4 Å². The van der Waals surface area contributed by atoms with Crippen LogP contribution in [0.5, 0.6) is 0 Å². The van der Waals surface area contributed by atoms with E-state index in [0.29, 0.717) is 18.0 Å². The van der Waals surface area contributed by atoms with Gasteiger partial charge in [0.2, 0.25) is 0 Å². The van der Waals surface area contributed by atoms with Crippen molar-refractivity contribution in [3.8, 4) is 0 Å². The fraction of sp³-hybridized carbons (Fsp3) is 0.333. The number of benzene rings is 1. The van der Waals surface area contributed by atoms with Crippen LogP contribution in [0.2, 0.25) is 0 Å². The van der Waals surface area contributed by atoms with Crippen LogP contribution in [0.4, 0.5) is 16.2 Å². The summed E-state index contributed by atoms with van der Waals surface area (Å²) in [4.78, 5) is 24.3. The number of anilines is 1. The van der Waals surface area contributed by atoms with E-state index in [1.165, 1.54) is 24.3 Å². The highest BCUT2D eigenvalue weighted by molar-refractivity contribution is 5.89. The molecule has 1 saturated heterocycles. The molecular weight excluding hydrogens is 300 g/mol. The minimum Gasteiger partial charge on any atom is -0.361 e. The number of urea groups is 1. The zero-order chi connectivity index (χ0) is 16.4. The number of non-ortho nitro benzene ring substituents is 1. The molecule has 8 nitrogen and oxygen atoms in total. The van der Waals surface area contributed by atoms with Gasteiger partial charge in [0.15, 0.2) is 0 Å². The Balaban J connectivity index is 1.70. The van der Waals surface area contributed by atoms with Crippen LogP contribution in [0.15, 0.2) is 34.9 Å². The lowest BCUT2D eigenvalue weighted by molar-refractivity contribution is -0.384. The molecule has 0 radical (unpaired) electrons. The Labute approximate surface area is 132 Å². The van der Waals surface area contributed by atoms with Crippen LogP contribution in [0.25, 0.3) is 0 Å². The SMILES string of the molecule is Cc1cc([C@H]2CCCN2C(=O)Nc2ccc([N+](=O)[O-])cc2)no1. The summed E-state index contributed by atoms with van der Waals surface area (Å²) in [5, 5.41) is 17.4. The number of likely N-dealkylation sites (tertiary alicyclic amines) is 1. The second-order valence-corrected chi connectivity index (χ2v) is 5.45. The number of rotatable bonds is 3. The summed E-state index contributed by atoms with van der Waals surface area (Å²) in [5.74, 6) is 0.711. The minimum atomic E-state index is -0.477. The van der Waals surface area contributed by atoms with Crippen molar-refractivity contribution in [1.82, 2.24) is 10.1 Å². The van der Waals surface area contributed by atoms with E-state index in [1.807, 2.05) is 13.0 Å². The van der Waals surface area contributed by atoms with Crippen molar-refractivity contribution in [2.75, 3.05) is 11.9 Å². The first kappa shape index (κ1) is 15.0. The van der Waals surface area contributed by atoms with Gasteiger partial charge in [-0.3, -0.25) is 10.1 Å². The van der Waals surface area contributed by atoms with E-state index in [9.17, 15) is 14.9 Å². The summed E-state index contributed by atoms with van der Waals surface area (Å²) in [6, 6.07) is 7.23. The van der Waals surface area contributed by atoms with Gasteiger partial charge in [-0.05, 0) is 31.9 Å². The van der Waals surface area contributed by atoms with Gasteiger partial charge in [0, 0.05) is 30.4 Å². The molecule has 0 saturated carbocycles. The lowest BCUT2D eigenvalue weighted by Gasteiger charge is -2.23. The number of aromatic nitrogens is 1. The third kappa shape index (κ3) is 3.15. The highest BCUT2D eigenvalue weighted by Gasteiger charge is 2.32. The molecule has 0 aliphatic carbocycles. The van der Waals surface area contributed by atoms with Crippen LogP contribution in [0, 0.1) is 17.0 Å². The number of nitrogens with one attached hydrogen (secondary N) is 1. The first-order valence-corrected chi connectivity index (χ1v) is 7.30. The molecule has 2 amide bonds. The standard InChI is InChI=1S/C15H16N4O4/c1-10-9-13(17-23-10)14-3-2-8-18(14)15(20)16-11-4-6-12(7-5-11)19(21)22/h4-7,9,14H,2-3,8H2,1H3,(H,16,20)/t14-/m1/s1. The Morgan fingerprint density at radius 1 is 1.43 bits per heavy atom. The van der Waals surface area contributed by atoms with Crippen molar-refractivity contribution in [2.45, 2.75) is 25.8 Å². The zero-order valence-corrected chi connectivity index (χ0v) is 12.6. The van der Waals surface area contributed by atoms with E-state index in [2.05, 4.69) is 10.5 Å². The number of carbonyl (C=O) groups is 1. The minimum absolute atomic E-state index is 0.0138. The molecule has 1 fully saturated rings. The van der Waals surface area contributed by atoms with Crippen LogP contribution in [0.3, 0.4) is 0 Å². The fourth-order valence-corrected chi connectivity index (χ4v) is 2.72. The monoisotopic (exact) mass is 316 g/mol. The smallest absolute Gasteiger partial charge is 0.322 e. The molecule has 23 heavy (non-hydrogen) atoms. The van der Waals surface area contributed by atoms with E-state index in [1.54, 1.807) is 4.90 Å². The predicted molar refractivity (Wildman–Crippen MR) is 82.0 cm³/mol. The Hall–Kier alpha value is -2.90. The molecule has 8 heteroatoms. The van der Waals surface area contributed by atoms with Crippen molar-refractivity contribution in [3.05, 3.63) is 51.9 Å². The summed E-state index contributed by atoms with van der Waals surface area (Å²) in [6.45, 7) is 2.45. The van der Waals surface area contributed by atoms with E-state index < -0.39 is 4.92 Å². The first-order chi connectivity index (χ1) is 11.0. The number of aryl methyl sites for hydroxylation is 1. The van der Waals surface area contributed by atoms with Gasteiger partial charge >= 0.3 is 6.03 Å². The van der Waals surface area contributed by atoms with Crippen LogP contribution in [-0.2, 0) is 0 Å². The highest BCUT2D eigenvalue weighted by Crippen LogP contribution is 2.32. The lowest BCUT2D eigenvalue weighted by atomic mass is 10.1. The molecule has 3 rings (SSSR count). The van der Waals surface area contributed by atoms with Gasteiger partial charge in [-0.15, -0.1) is 0 Å². The van der Waals surface area contributed by atoms with E-state index in [0.717, 1.165) is 18.5 Å². The molecule has 0 unspecified atom stereocenters. The van der Waals surface area contributed by atoms with Gasteiger partial charge in [0.1, 0.15) is 11.5 Å². The zero-order valence-electron chi connectivity index (χ0n) is 12.6. The third-order valence-electron chi connectivity index (χ3n) is 3.83. The van der Waals surface area contributed by atoms with Gasteiger partial charge < -0.3 is 14.7 Å². The number of carbonyl (C=O) groups excluding carboxylic acids is 1. The van der Waals surface area contributed by atoms with Crippen LogP contribution >= 0.6 is 0 Å². The van der Waals surface area contributed by atoms with E-state index >= 15 is 0 Å². The van der Waals surface area contributed by atoms with E-state index in [-0.39, 0.29) is 17.8 Å². The summed E-state index contributed by atoms with van der Waals surface area (Å²) >= 11 is 0. The van der Waals surface area contributed by atoms with Crippen molar-refractivity contribution in [2.24, 2.45) is 0 Å². The molecular formula is C15H16N4O4. The lowest BCUT2D eigenvalue weighted by Crippen LogP contribution is -2.34. The number of hydrogen-bond acceptors (Lipinski definition) is 5. The summed E-state index contributed by atoms with van der Waals surface area (Å²) in [7, 11) is 0. The molecule has 1 aliphatic rings. The molecule has 2 aromatic rings. The second kappa shape index (κ2) is 6.07. The normalized spacial score (nSPS) is 17.3. The van der Waals surface area contributed by atoms with Gasteiger partial charge in [0.05, 0.1) is 11.0 Å². The molecule has 120 valence electrons. The molecule has 0 bridgehead atoms. The van der Waals surface area contributed by atoms with Gasteiger partial charge in [-0.25, -0.2) is 4.79 Å². The molecule has 1 atom stereocenters. The van der Waals surface area contributed by atoms with Crippen molar-refractivity contribution in [3.63, 3.8) is 0 Å². The quantitative estimate of drug-likeness (QED) is 0.691. The van der Waals surface area contributed by atoms with Gasteiger partial charge in [-0.2, -0.15) is 0 Å². The Kier molecular flexibility index (Phi) is 3.96. The van der Waals surface area contributed by atoms with Crippen molar-refractivity contribution in [1.29, 1.82) is 0 Å². The molecule has 1 aromatic carbocycles. The van der Waals surface area contributed by atoms with Crippen LogP contribution < -0.4 is 5.32 Å². The second-order valence-electron chi connectivity index (χ2n) is 5.45. The number of nitro benzene ring substituents is 1. The first-order valence-electron chi connectivity index (χ1n) is 7.30. The maximum Gasteiger partial charge on any atom is 0.322 e. The fourth-order valence-electron chi connectivity index (χ4n) is 2.72. The summed E-state index contributed by atoms with van der Waals surface area (Å²) < 4.78 is 5.09. The molecule has 1 aliphatic heterocycles. The molecule has 1 aromatic heterocycles. The predicted octanol–water partition coefficient (Wildman–Crippen LogP) is 3.26. The third-order valence-corrected chi connectivity index (χ3v) is 3.83. The number of nitrogens with zero attached hydrogens (tertiary/aromatic N) is 3. The van der Waals surface area contributed by atoms with Crippen LogP contribution in [0.1, 0.15) is 30.3 Å². The molecule has 0 spiro atoms. The van der Waals surface area contributed by atoms with Gasteiger partial charge in [0.25, 0.3) is 5.69 Å². The number of amides is 2. The largest absolute Gasteiger partial charge is 0.361 e. The number of hydrogen-bond donors (Lipinski definition) is 1. The summed E-state index contributed by atoms with van der Waals surface area (Å²) in [6.07, 6.45) is 1.73. The topological polar surface area (TPSA) is 102 Å².